The lowest BCUT2D eigenvalue weighted by atomic mass is 9.72. The molecular formula is C34H38N2O6Si. The van der Waals surface area contributed by atoms with Crippen LogP contribution in [0.1, 0.15) is 28.1 Å². The Labute approximate surface area is 253 Å². The first-order valence-electron chi connectivity index (χ1n) is 14.9. The zero-order valence-corrected chi connectivity index (χ0v) is 25.9. The van der Waals surface area contributed by atoms with Crippen LogP contribution in [0.4, 0.5) is 9.59 Å². The molecule has 1 aliphatic carbocycles. The second kappa shape index (κ2) is 11.2. The van der Waals surface area contributed by atoms with Crippen LogP contribution in [0, 0.1) is 11.3 Å². The Kier molecular flexibility index (Phi) is 7.54. The molecule has 2 unspecified atom stereocenters. The van der Waals surface area contributed by atoms with Crippen LogP contribution in [0.15, 0.2) is 78.9 Å². The molecule has 1 spiro atoms. The number of carboxylic acids is 1. The van der Waals surface area contributed by atoms with E-state index in [2.05, 4.69) is 56.0 Å². The van der Waals surface area contributed by atoms with Gasteiger partial charge in [-0.2, -0.15) is 0 Å². The number of ether oxygens (including phenoxy) is 2. The average molecular weight is 599 g/mol. The summed E-state index contributed by atoms with van der Waals surface area (Å²) < 4.78 is 11.6. The molecule has 0 saturated carbocycles. The van der Waals surface area contributed by atoms with Crippen LogP contribution < -0.4 is 0 Å². The number of amides is 2. The Morgan fingerprint density at radius 3 is 1.93 bits per heavy atom. The van der Waals surface area contributed by atoms with Crippen molar-refractivity contribution in [2.75, 3.05) is 39.4 Å². The van der Waals surface area contributed by atoms with Crippen molar-refractivity contribution in [3.05, 3.63) is 95.6 Å². The fourth-order valence-electron chi connectivity index (χ4n) is 7.07. The largest absolute Gasteiger partial charge is 0.481 e. The van der Waals surface area contributed by atoms with E-state index in [9.17, 15) is 19.5 Å². The number of rotatable bonds is 7. The fourth-order valence-corrected chi connectivity index (χ4v) is 8.85. The van der Waals surface area contributed by atoms with Gasteiger partial charge in [0.1, 0.15) is 6.61 Å². The van der Waals surface area contributed by atoms with E-state index in [0.29, 0.717) is 0 Å². The van der Waals surface area contributed by atoms with Gasteiger partial charge in [0, 0.05) is 43.1 Å². The van der Waals surface area contributed by atoms with Gasteiger partial charge in [0.25, 0.3) is 0 Å². The van der Waals surface area contributed by atoms with Crippen molar-refractivity contribution in [1.29, 1.82) is 0 Å². The van der Waals surface area contributed by atoms with Crippen molar-refractivity contribution < 1.29 is 29.0 Å². The summed E-state index contributed by atoms with van der Waals surface area (Å²) >= 11 is 0. The van der Waals surface area contributed by atoms with Crippen LogP contribution >= 0.6 is 0 Å². The summed E-state index contributed by atoms with van der Waals surface area (Å²) in [5.74, 6) is -1.83. The highest BCUT2D eigenvalue weighted by Gasteiger charge is 2.59. The van der Waals surface area contributed by atoms with Gasteiger partial charge < -0.3 is 24.4 Å². The fraction of sp³-hybridized carbons (Fsp3) is 0.382. The minimum absolute atomic E-state index is 0.0562. The molecule has 9 heteroatoms. The van der Waals surface area contributed by atoms with Crippen molar-refractivity contribution >= 4 is 26.2 Å². The van der Waals surface area contributed by atoms with E-state index in [4.69, 9.17) is 9.47 Å². The van der Waals surface area contributed by atoms with Gasteiger partial charge in [-0.3, -0.25) is 4.79 Å². The topological polar surface area (TPSA) is 96.4 Å². The monoisotopic (exact) mass is 598 g/mol. The van der Waals surface area contributed by atoms with E-state index in [1.807, 2.05) is 42.5 Å². The zero-order chi connectivity index (χ0) is 30.4. The molecule has 43 heavy (non-hydrogen) atoms. The highest BCUT2D eigenvalue weighted by atomic mass is 28.3. The standard InChI is InChI=1S/C34H38N2O6Si/c1-43(2,3)30(23-11-5-4-6-12-23)19-42-33(40)36-21-34(22-36)20-35(17-29(34)31(37)38)32(39)41-18-28-26-15-9-7-13-24(26)25-14-8-10-16-27(25)28/h4-16,28-30H,17-22H2,1-3H3,(H,37,38). The third-order valence-corrected chi connectivity index (χ3v) is 12.0. The predicted octanol–water partition coefficient (Wildman–Crippen LogP) is 6.05. The van der Waals surface area contributed by atoms with Crippen LogP contribution in [-0.4, -0.2) is 80.5 Å². The molecule has 8 nitrogen and oxygen atoms in total. The molecule has 1 N–H and O–H groups in total. The summed E-state index contributed by atoms with van der Waals surface area (Å²) in [6.07, 6.45) is -0.958. The third-order valence-electron chi connectivity index (χ3n) is 9.43. The van der Waals surface area contributed by atoms with Crippen LogP contribution in [0.3, 0.4) is 0 Å². The maximum Gasteiger partial charge on any atom is 0.409 e. The molecule has 2 saturated heterocycles. The summed E-state index contributed by atoms with van der Waals surface area (Å²) in [4.78, 5) is 41.6. The first-order valence-corrected chi connectivity index (χ1v) is 18.4. The van der Waals surface area contributed by atoms with Crippen molar-refractivity contribution in [3.63, 3.8) is 0 Å². The summed E-state index contributed by atoms with van der Waals surface area (Å²) in [6, 6.07) is 26.4. The number of hydrogen-bond donors (Lipinski definition) is 1. The maximum atomic E-state index is 13.3. The lowest BCUT2D eigenvalue weighted by Crippen LogP contribution is -2.63. The number of carbonyl (C=O) groups excluding carboxylic acids is 2. The molecule has 0 radical (unpaired) electrons. The zero-order valence-electron chi connectivity index (χ0n) is 24.9. The predicted molar refractivity (Wildman–Crippen MR) is 166 cm³/mol. The lowest BCUT2D eigenvalue weighted by molar-refractivity contribution is -0.149. The Morgan fingerprint density at radius 2 is 1.35 bits per heavy atom. The third kappa shape index (κ3) is 5.42. The molecule has 3 aromatic rings. The minimum Gasteiger partial charge on any atom is -0.481 e. The van der Waals surface area contributed by atoms with Crippen molar-refractivity contribution in [2.45, 2.75) is 31.1 Å². The van der Waals surface area contributed by atoms with Gasteiger partial charge in [0.15, 0.2) is 0 Å². The summed E-state index contributed by atoms with van der Waals surface area (Å²) in [6.45, 7) is 7.98. The van der Waals surface area contributed by atoms with Crippen LogP contribution in [0.2, 0.25) is 19.6 Å². The Balaban J connectivity index is 1.07. The number of benzene rings is 3. The number of nitrogens with zero attached hydrogens (tertiary/aromatic N) is 2. The van der Waals surface area contributed by atoms with Crippen LogP contribution in [0.5, 0.6) is 0 Å². The van der Waals surface area contributed by atoms with Gasteiger partial charge in [-0.15, -0.1) is 0 Å². The SMILES string of the molecule is C[Si](C)(C)C(COC(=O)N1CC2(CN(C(=O)OCC3c4ccccc4-c4ccccc43)CC2C(=O)O)C1)c1ccccc1. The molecule has 2 atom stereocenters. The van der Waals surface area contributed by atoms with E-state index >= 15 is 0 Å². The van der Waals surface area contributed by atoms with E-state index in [-0.39, 0.29) is 50.9 Å². The number of aliphatic carboxylic acids is 1. The first kappa shape index (κ1) is 29.0. The quantitative estimate of drug-likeness (QED) is 0.333. The van der Waals surface area contributed by atoms with Gasteiger partial charge in [0.2, 0.25) is 0 Å². The normalized spacial score (nSPS) is 19.4. The summed E-state index contributed by atoms with van der Waals surface area (Å²) in [7, 11) is -1.69. The molecule has 3 aromatic carbocycles. The molecule has 2 aliphatic heterocycles. The minimum atomic E-state index is -1.69. The van der Waals surface area contributed by atoms with Crippen molar-refractivity contribution in [2.24, 2.45) is 11.3 Å². The smallest absolute Gasteiger partial charge is 0.409 e. The highest BCUT2D eigenvalue weighted by Crippen LogP contribution is 2.46. The van der Waals surface area contributed by atoms with E-state index in [1.165, 1.54) is 4.90 Å². The van der Waals surface area contributed by atoms with Gasteiger partial charge in [0.05, 0.1) is 20.6 Å². The Hall–Kier alpha value is -4.11. The maximum absolute atomic E-state index is 13.3. The number of carboxylic acid groups (broad SMARTS) is 1. The highest BCUT2D eigenvalue weighted by molar-refractivity contribution is 6.77. The van der Waals surface area contributed by atoms with Crippen LogP contribution in [0.25, 0.3) is 11.1 Å². The summed E-state index contributed by atoms with van der Waals surface area (Å²) in [5, 5.41) is 10.0. The van der Waals surface area contributed by atoms with Crippen LogP contribution in [-0.2, 0) is 14.3 Å². The molecule has 2 heterocycles. The van der Waals surface area contributed by atoms with Gasteiger partial charge in [-0.1, -0.05) is 98.5 Å². The van der Waals surface area contributed by atoms with E-state index in [0.717, 1.165) is 27.8 Å². The Morgan fingerprint density at radius 1 is 0.814 bits per heavy atom. The number of carbonyl (C=O) groups is 3. The molecule has 2 amide bonds. The molecule has 0 bridgehead atoms. The first-order chi connectivity index (χ1) is 20.6. The number of fused-ring (bicyclic) bond motifs is 3. The molecule has 224 valence electrons. The van der Waals surface area contributed by atoms with Gasteiger partial charge in [-0.25, -0.2) is 9.59 Å². The molecule has 2 fully saturated rings. The lowest BCUT2D eigenvalue weighted by Gasteiger charge is -2.49. The average Bonchev–Trinajstić information content (AvgIpc) is 3.53. The van der Waals surface area contributed by atoms with E-state index in [1.54, 1.807) is 4.90 Å². The molecule has 0 aromatic heterocycles. The summed E-state index contributed by atoms with van der Waals surface area (Å²) in [5.41, 5.74) is 5.13. The molecule has 3 aliphatic rings. The molecule has 6 rings (SSSR count). The second-order valence-electron chi connectivity index (χ2n) is 13.2. The second-order valence-corrected chi connectivity index (χ2v) is 18.6. The van der Waals surface area contributed by atoms with Crippen molar-refractivity contribution in [3.8, 4) is 11.1 Å². The molecular weight excluding hydrogens is 560 g/mol. The number of likely N-dealkylation sites (tertiary alicyclic amines) is 2. The van der Waals surface area contributed by atoms with E-state index < -0.39 is 37.6 Å². The van der Waals surface area contributed by atoms with Gasteiger partial charge >= 0.3 is 18.2 Å². The Bertz CT molecular complexity index is 1490. The van der Waals surface area contributed by atoms with Gasteiger partial charge in [-0.05, 0) is 27.8 Å². The number of hydrogen-bond acceptors (Lipinski definition) is 5. The van der Waals surface area contributed by atoms with Crippen molar-refractivity contribution in [1.82, 2.24) is 9.80 Å².